The quantitative estimate of drug-likeness (QED) is 0.328. The van der Waals surface area contributed by atoms with Gasteiger partial charge in [0.1, 0.15) is 0 Å². The molecule has 0 aliphatic carbocycles. The topological polar surface area (TPSA) is 180 Å². The molecule has 0 spiro atoms. The summed E-state index contributed by atoms with van der Waals surface area (Å²) in [5.74, 6) is 0. The number of nitrogens with two attached hydrogens (primary N) is 3. The molecule has 9 nitrogen and oxygen atoms in total. The smallest absolute Gasteiger partial charge is 0.409 e. The number of rotatable bonds is 0. The molecule has 0 aromatic rings. The van der Waals surface area contributed by atoms with Crippen LogP contribution in [-0.2, 0) is 75.0 Å². The molecule has 6 N–H and O–H groups in total. The zero-order valence-electron chi connectivity index (χ0n) is 5.76. The second kappa shape index (κ2) is 18.1. The molecule has 0 aromatic heterocycles. The van der Waals surface area contributed by atoms with Crippen molar-refractivity contribution in [2.45, 2.75) is 0 Å². The van der Waals surface area contributed by atoms with Crippen LogP contribution in [0.5, 0.6) is 0 Å². The first-order chi connectivity index (χ1) is 5.20. The molecule has 0 bridgehead atoms. The third-order valence-corrected chi connectivity index (χ3v) is 0. The van der Waals surface area contributed by atoms with Gasteiger partial charge in [-0.05, 0) is 32.7 Å². The predicted octanol–water partition coefficient (Wildman–Crippen LogP) is -2.49. The van der Waals surface area contributed by atoms with E-state index in [0.29, 0.717) is 0 Å². The van der Waals surface area contributed by atoms with E-state index in [4.69, 9.17) is 25.3 Å². The van der Waals surface area contributed by atoms with Gasteiger partial charge in [-0.15, -0.1) is 0 Å². The van der Waals surface area contributed by atoms with E-state index in [1.54, 1.807) is 0 Å². The van der Waals surface area contributed by atoms with Crippen LogP contribution >= 0.6 is 0 Å². The SMILES string of the molecule is N[S-](=O)=O.N[S-](=O)=O.N[S-](=O)=O.[Fe+3]. The normalized spacial score (nSPS) is 7.85. The minimum atomic E-state index is -2.36. The molecule has 83 valence electrons. The summed E-state index contributed by atoms with van der Waals surface area (Å²) in [4.78, 5) is 0. The summed E-state index contributed by atoms with van der Waals surface area (Å²) in [6.07, 6.45) is 0. The average molecular weight is 296 g/mol. The summed E-state index contributed by atoms with van der Waals surface area (Å²) < 4.78 is 52.7. The van der Waals surface area contributed by atoms with E-state index in [1.165, 1.54) is 0 Å². The Morgan fingerprint density at radius 2 is 0.538 bits per heavy atom. The molecule has 0 amide bonds. The number of hydrogen-bond donors (Lipinski definition) is 3. The van der Waals surface area contributed by atoms with Crippen molar-refractivity contribution in [3.05, 3.63) is 0 Å². The summed E-state index contributed by atoms with van der Waals surface area (Å²) in [5, 5.41) is 12.1. The maximum absolute atomic E-state index is 8.78. The Bertz CT molecular complexity index is 216. The van der Waals surface area contributed by atoms with Crippen LogP contribution in [-0.4, -0.2) is 0 Å². The molecule has 0 rings (SSSR count). The third-order valence-electron chi connectivity index (χ3n) is 0. The van der Waals surface area contributed by atoms with Gasteiger partial charge >= 0.3 is 17.1 Å². The molecule has 0 aliphatic rings. The molecular formula is H6FeN3O6S3. The minimum Gasteiger partial charge on any atom is -0.409 e. The molecule has 0 saturated carbocycles. The van der Waals surface area contributed by atoms with Gasteiger partial charge in [-0.2, -0.15) is 0 Å². The second-order valence-electron chi connectivity index (χ2n) is 0.781. The van der Waals surface area contributed by atoms with Crippen molar-refractivity contribution in [1.29, 1.82) is 0 Å². The Labute approximate surface area is 90.4 Å². The van der Waals surface area contributed by atoms with E-state index in [9.17, 15) is 0 Å². The average Bonchev–Trinajstić information content (AvgIpc) is 1.54. The van der Waals surface area contributed by atoms with Crippen molar-refractivity contribution in [1.82, 2.24) is 0 Å². The van der Waals surface area contributed by atoms with Crippen LogP contribution in [0.1, 0.15) is 0 Å². The second-order valence-corrected chi connectivity index (χ2v) is 2.34. The van der Waals surface area contributed by atoms with Crippen LogP contribution in [0.15, 0.2) is 0 Å². The summed E-state index contributed by atoms with van der Waals surface area (Å²) >= 11 is 0. The number of hydrogen-bond acceptors (Lipinski definition) is 9. The first-order valence-electron chi connectivity index (χ1n) is 1.71. The molecule has 0 aromatic carbocycles. The Morgan fingerprint density at radius 1 is 0.538 bits per heavy atom. The first kappa shape index (κ1) is 23.2. The molecule has 0 aliphatic heterocycles. The van der Waals surface area contributed by atoms with Gasteiger partial charge in [-0.1, -0.05) is 0 Å². The molecule has 0 atom stereocenters. The van der Waals surface area contributed by atoms with Crippen LogP contribution < -0.4 is 15.4 Å². The van der Waals surface area contributed by atoms with Gasteiger partial charge in [0.05, 0.1) is 0 Å². The van der Waals surface area contributed by atoms with Gasteiger partial charge in [-0.25, -0.2) is 0 Å². The first-order valence-corrected chi connectivity index (χ1v) is 5.12. The van der Waals surface area contributed by atoms with E-state index in [0.717, 1.165) is 0 Å². The Morgan fingerprint density at radius 3 is 0.538 bits per heavy atom. The monoisotopic (exact) mass is 296 g/mol. The Balaban J connectivity index is -0.0000000450. The summed E-state index contributed by atoms with van der Waals surface area (Å²) in [6.45, 7) is 0. The fraction of sp³-hybridized carbons (Fsp3) is 0. The molecule has 1 radical (unpaired) electrons. The Kier molecular flexibility index (Phi) is 32.4. The molecule has 13 heavy (non-hydrogen) atoms. The summed E-state index contributed by atoms with van der Waals surface area (Å²) in [6, 6.07) is 0. The van der Waals surface area contributed by atoms with Crippen molar-refractivity contribution in [2.24, 2.45) is 15.4 Å². The van der Waals surface area contributed by atoms with Crippen LogP contribution in [0, 0.1) is 0 Å². The van der Waals surface area contributed by atoms with Crippen LogP contribution in [0.3, 0.4) is 0 Å². The maximum Gasteiger partial charge on any atom is 3.00 e. The summed E-state index contributed by atoms with van der Waals surface area (Å²) in [5.41, 5.74) is 0. The van der Waals surface area contributed by atoms with Gasteiger partial charge in [0, 0.05) is 0 Å². The van der Waals surface area contributed by atoms with Crippen molar-refractivity contribution >= 4 is 32.7 Å². The molecule has 0 saturated heterocycles. The van der Waals surface area contributed by atoms with Crippen LogP contribution in [0.4, 0.5) is 0 Å². The van der Waals surface area contributed by atoms with Crippen molar-refractivity contribution < 1.29 is 42.3 Å². The van der Waals surface area contributed by atoms with E-state index >= 15 is 0 Å². The van der Waals surface area contributed by atoms with E-state index < -0.39 is 32.7 Å². The molecule has 13 heteroatoms. The van der Waals surface area contributed by atoms with Crippen molar-refractivity contribution in [3.8, 4) is 0 Å². The fourth-order valence-electron chi connectivity index (χ4n) is 0. The van der Waals surface area contributed by atoms with E-state index in [1.807, 2.05) is 0 Å². The van der Waals surface area contributed by atoms with Gasteiger partial charge < -0.3 is 40.7 Å². The van der Waals surface area contributed by atoms with Gasteiger partial charge in [-0.3, -0.25) is 0 Å². The van der Waals surface area contributed by atoms with E-state index in [2.05, 4.69) is 15.4 Å². The standard InChI is InChI=1S/Fe.3H2NO2S/c;3*1-4(2)3/h;3*(H2,1,2,3)/q+3;3*-1. The van der Waals surface area contributed by atoms with Crippen LogP contribution in [0.2, 0.25) is 0 Å². The van der Waals surface area contributed by atoms with Crippen LogP contribution in [0.25, 0.3) is 0 Å². The zero-order chi connectivity index (χ0) is 10.7. The van der Waals surface area contributed by atoms with Gasteiger partial charge in [0.15, 0.2) is 0 Å². The molecule has 0 unspecified atom stereocenters. The molecule has 0 heterocycles. The largest absolute Gasteiger partial charge is 3.00 e. The summed E-state index contributed by atoms with van der Waals surface area (Å²) in [7, 11) is -7.08. The van der Waals surface area contributed by atoms with Crippen molar-refractivity contribution in [3.63, 3.8) is 0 Å². The van der Waals surface area contributed by atoms with E-state index in [-0.39, 0.29) is 17.1 Å². The predicted molar refractivity (Wildman–Crippen MR) is 38.8 cm³/mol. The minimum absolute atomic E-state index is 0. The molecular weight excluding hydrogens is 290 g/mol. The fourth-order valence-corrected chi connectivity index (χ4v) is 0. The third kappa shape index (κ3) is 20700. The van der Waals surface area contributed by atoms with Gasteiger partial charge in [0.25, 0.3) is 0 Å². The zero-order valence-corrected chi connectivity index (χ0v) is 9.31. The Hall–Kier alpha value is 0.249. The molecule has 0 fully saturated rings. The maximum atomic E-state index is 8.78. The van der Waals surface area contributed by atoms with Gasteiger partial charge in [0.2, 0.25) is 0 Å². The van der Waals surface area contributed by atoms with Crippen molar-refractivity contribution in [2.75, 3.05) is 0 Å².